The van der Waals surface area contributed by atoms with Crippen LogP contribution in [0.1, 0.15) is 79.7 Å². The zero-order valence-corrected chi connectivity index (χ0v) is 19.1. The van der Waals surface area contributed by atoms with Crippen LogP contribution >= 0.6 is 0 Å². The number of nitrogens with one attached hydrogen (secondary N) is 1. The van der Waals surface area contributed by atoms with Crippen LogP contribution in [0.15, 0.2) is 36.5 Å². The van der Waals surface area contributed by atoms with Crippen molar-refractivity contribution >= 4 is 16.9 Å². The van der Waals surface area contributed by atoms with Gasteiger partial charge in [0.2, 0.25) is 0 Å². The van der Waals surface area contributed by atoms with Crippen LogP contribution in [0.4, 0.5) is 0 Å². The average molecular weight is 420 g/mol. The highest BCUT2D eigenvalue weighted by Crippen LogP contribution is 2.24. The van der Waals surface area contributed by atoms with Gasteiger partial charge in [0.15, 0.2) is 5.65 Å². The Labute approximate surface area is 184 Å². The standard InChI is InChI=1S/C25H33N5O/c1-17(2)23-13-21(22-15-27-30(18(3)4)24(22)28-23)25(31)26-14-19-9-5-6-10-20(19)16-29-11-7-8-12-29/h5-6,9-10,13,15,17-18H,7-8,11-12,14,16H2,1-4H3,(H,26,31). The van der Waals surface area contributed by atoms with E-state index in [4.69, 9.17) is 4.98 Å². The number of nitrogens with zero attached hydrogens (tertiary/aromatic N) is 4. The van der Waals surface area contributed by atoms with Crippen molar-refractivity contribution in [1.82, 2.24) is 25.0 Å². The number of aromatic nitrogens is 3. The quantitative estimate of drug-likeness (QED) is 0.605. The minimum Gasteiger partial charge on any atom is -0.348 e. The fourth-order valence-corrected chi connectivity index (χ4v) is 4.24. The lowest BCUT2D eigenvalue weighted by Gasteiger charge is -2.18. The summed E-state index contributed by atoms with van der Waals surface area (Å²) in [6, 6.07) is 10.5. The zero-order chi connectivity index (χ0) is 22.0. The van der Waals surface area contributed by atoms with Crippen LogP contribution in [-0.4, -0.2) is 38.7 Å². The zero-order valence-electron chi connectivity index (χ0n) is 19.1. The van der Waals surface area contributed by atoms with Crippen molar-refractivity contribution < 1.29 is 4.79 Å². The summed E-state index contributed by atoms with van der Waals surface area (Å²) in [7, 11) is 0. The monoisotopic (exact) mass is 419 g/mol. The highest BCUT2D eigenvalue weighted by molar-refractivity contribution is 6.05. The van der Waals surface area contributed by atoms with Gasteiger partial charge in [-0.3, -0.25) is 9.69 Å². The van der Waals surface area contributed by atoms with Crippen molar-refractivity contribution in [3.05, 3.63) is 58.9 Å². The minimum absolute atomic E-state index is 0.0754. The lowest BCUT2D eigenvalue weighted by Crippen LogP contribution is -2.25. The van der Waals surface area contributed by atoms with Crippen LogP contribution in [0.5, 0.6) is 0 Å². The number of hydrogen-bond acceptors (Lipinski definition) is 4. The molecule has 6 heteroatoms. The highest BCUT2D eigenvalue weighted by Gasteiger charge is 2.19. The fourth-order valence-electron chi connectivity index (χ4n) is 4.24. The largest absolute Gasteiger partial charge is 0.348 e. The molecule has 1 fully saturated rings. The second-order valence-corrected chi connectivity index (χ2v) is 9.10. The van der Waals surface area contributed by atoms with E-state index in [-0.39, 0.29) is 17.9 Å². The van der Waals surface area contributed by atoms with E-state index in [0.29, 0.717) is 12.1 Å². The Balaban J connectivity index is 1.58. The van der Waals surface area contributed by atoms with E-state index in [0.717, 1.165) is 36.4 Å². The van der Waals surface area contributed by atoms with E-state index < -0.39 is 0 Å². The average Bonchev–Trinajstić information content (AvgIpc) is 3.41. The third-order valence-electron chi connectivity index (χ3n) is 6.06. The van der Waals surface area contributed by atoms with Gasteiger partial charge in [-0.25, -0.2) is 9.67 Å². The van der Waals surface area contributed by atoms with Gasteiger partial charge in [-0.15, -0.1) is 0 Å². The van der Waals surface area contributed by atoms with E-state index in [2.05, 4.69) is 61.2 Å². The molecule has 1 aliphatic heterocycles. The van der Waals surface area contributed by atoms with E-state index in [9.17, 15) is 4.79 Å². The molecule has 1 saturated heterocycles. The molecule has 1 aliphatic rings. The Kier molecular flexibility index (Phi) is 6.37. The van der Waals surface area contributed by atoms with Gasteiger partial charge in [-0.2, -0.15) is 5.10 Å². The second kappa shape index (κ2) is 9.18. The Morgan fingerprint density at radius 1 is 1.10 bits per heavy atom. The number of carbonyl (C=O) groups excluding carboxylic acids is 1. The van der Waals surface area contributed by atoms with Gasteiger partial charge in [0.25, 0.3) is 5.91 Å². The van der Waals surface area contributed by atoms with Crippen molar-refractivity contribution in [1.29, 1.82) is 0 Å². The summed E-state index contributed by atoms with van der Waals surface area (Å²) in [4.78, 5) is 20.5. The van der Waals surface area contributed by atoms with Crippen molar-refractivity contribution in [2.75, 3.05) is 13.1 Å². The Morgan fingerprint density at radius 2 is 1.81 bits per heavy atom. The van der Waals surface area contributed by atoms with Crippen molar-refractivity contribution in [2.24, 2.45) is 0 Å². The van der Waals surface area contributed by atoms with Gasteiger partial charge in [-0.05, 0) is 62.9 Å². The van der Waals surface area contributed by atoms with Crippen LogP contribution in [0.2, 0.25) is 0 Å². The number of amides is 1. The van der Waals surface area contributed by atoms with Crippen LogP contribution in [0, 0.1) is 0 Å². The number of pyridine rings is 1. The molecule has 164 valence electrons. The molecule has 4 rings (SSSR count). The lowest BCUT2D eigenvalue weighted by atomic mass is 10.0. The SMILES string of the molecule is CC(C)c1cc(C(=O)NCc2ccccc2CN2CCCC2)c2cnn(C(C)C)c2n1. The molecule has 2 aromatic heterocycles. The molecule has 3 aromatic rings. The van der Waals surface area contributed by atoms with E-state index in [1.165, 1.54) is 24.0 Å². The molecule has 31 heavy (non-hydrogen) atoms. The predicted molar refractivity (Wildman–Crippen MR) is 124 cm³/mol. The van der Waals surface area contributed by atoms with Gasteiger partial charge in [0, 0.05) is 24.8 Å². The molecular formula is C25H33N5O. The first-order valence-corrected chi connectivity index (χ1v) is 11.4. The first-order valence-electron chi connectivity index (χ1n) is 11.4. The van der Waals surface area contributed by atoms with Crippen LogP contribution in [0.3, 0.4) is 0 Å². The molecule has 1 amide bonds. The smallest absolute Gasteiger partial charge is 0.252 e. The first kappa shape index (κ1) is 21.5. The number of fused-ring (bicyclic) bond motifs is 1. The van der Waals surface area contributed by atoms with Crippen molar-refractivity contribution in [3.63, 3.8) is 0 Å². The number of rotatable bonds is 7. The molecule has 3 heterocycles. The highest BCUT2D eigenvalue weighted by atomic mass is 16.1. The number of benzene rings is 1. The number of carbonyl (C=O) groups is 1. The van der Waals surface area contributed by atoms with Crippen molar-refractivity contribution in [2.45, 2.75) is 65.6 Å². The summed E-state index contributed by atoms with van der Waals surface area (Å²) in [6.07, 6.45) is 4.32. The number of hydrogen-bond donors (Lipinski definition) is 1. The minimum atomic E-state index is -0.0754. The molecule has 0 spiro atoms. The fraction of sp³-hybridized carbons (Fsp3) is 0.480. The van der Waals surface area contributed by atoms with Gasteiger partial charge < -0.3 is 5.32 Å². The molecule has 0 radical (unpaired) electrons. The van der Waals surface area contributed by atoms with E-state index >= 15 is 0 Å². The summed E-state index contributed by atoms with van der Waals surface area (Å²) in [5, 5.41) is 8.46. The Bertz CT molecular complexity index is 1060. The molecule has 1 N–H and O–H groups in total. The third-order valence-corrected chi connectivity index (χ3v) is 6.06. The summed E-state index contributed by atoms with van der Waals surface area (Å²) >= 11 is 0. The van der Waals surface area contributed by atoms with Crippen LogP contribution < -0.4 is 5.32 Å². The van der Waals surface area contributed by atoms with Crippen molar-refractivity contribution in [3.8, 4) is 0 Å². The third kappa shape index (κ3) is 4.64. The molecule has 0 atom stereocenters. The number of likely N-dealkylation sites (tertiary alicyclic amines) is 1. The molecule has 0 aliphatic carbocycles. The van der Waals surface area contributed by atoms with E-state index in [1.54, 1.807) is 6.20 Å². The Morgan fingerprint density at radius 3 is 2.48 bits per heavy atom. The van der Waals surface area contributed by atoms with E-state index in [1.807, 2.05) is 16.8 Å². The van der Waals surface area contributed by atoms with Gasteiger partial charge in [0.05, 0.1) is 17.1 Å². The summed E-state index contributed by atoms with van der Waals surface area (Å²) in [5.41, 5.74) is 4.81. The van der Waals surface area contributed by atoms with Crippen LogP contribution in [0.25, 0.3) is 11.0 Å². The molecular weight excluding hydrogens is 386 g/mol. The summed E-state index contributed by atoms with van der Waals surface area (Å²) < 4.78 is 1.89. The van der Waals surface area contributed by atoms with Gasteiger partial charge >= 0.3 is 0 Å². The summed E-state index contributed by atoms with van der Waals surface area (Å²) in [5.74, 6) is 0.154. The topological polar surface area (TPSA) is 63.1 Å². The molecule has 6 nitrogen and oxygen atoms in total. The molecule has 1 aromatic carbocycles. The summed E-state index contributed by atoms with van der Waals surface area (Å²) in [6.45, 7) is 12.1. The van der Waals surface area contributed by atoms with Crippen LogP contribution in [-0.2, 0) is 13.1 Å². The van der Waals surface area contributed by atoms with Gasteiger partial charge in [0.1, 0.15) is 0 Å². The molecule has 0 unspecified atom stereocenters. The maximum absolute atomic E-state index is 13.3. The maximum atomic E-state index is 13.3. The Hall–Kier alpha value is -2.73. The normalized spacial score (nSPS) is 14.8. The first-order chi connectivity index (χ1) is 14.9. The maximum Gasteiger partial charge on any atom is 0.252 e. The lowest BCUT2D eigenvalue weighted by molar-refractivity contribution is 0.0952. The predicted octanol–water partition coefficient (Wildman–Crippen LogP) is 4.66. The molecule has 0 bridgehead atoms. The van der Waals surface area contributed by atoms with Gasteiger partial charge in [-0.1, -0.05) is 38.1 Å². The molecule has 0 saturated carbocycles. The second-order valence-electron chi connectivity index (χ2n) is 9.10.